The normalized spacial score (nSPS) is 19.0. The van der Waals surface area contributed by atoms with Gasteiger partial charge in [-0.1, -0.05) is 23.1 Å². The van der Waals surface area contributed by atoms with E-state index in [4.69, 9.17) is 0 Å². The minimum atomic E-state index is -0.0393. The van der Waals surface area contributed by atoms with Crippen molar-refractivity contribution >= 4 is 45.0 Å². The van der Waals surface area contributed by atoms with E-state index in [0.29, 0.717) is 28.7 Å². The van der Waals surface area contributed by atoms with Gasteiger partial charge in [0.1, 0.15) is 0 Å². The van der Waals surface area contributed by atoms with Crippen molar-refractivity contribution in [2.75, 3.05) is 11.4 Å². The molecule has 1 unspecified atom stereocenters. The van der Waals surface area contributed by atoms with Gasteiger partial charge in [-0.3, -0.25) is 19.3 Å². The summed E-state index contributed by atoms with van der Waals surface area (Å²) in [6.07, 6.45) is 0.346. The van der Waals surface area contributed by atoms with Gasteiger partial charge in [0.05, 0.1) is 10.6 Å². The Hall–Kier alpha value is -1.21. The molecule has 5 nitrogen and oxygen atoms in total. The lowest BCUT2D eigenvalue weighted by Gasteiger charge is -2.11. The average Bonchev–Trinajstić information content (AvgIpc) is 2.81. The van der Waals surface area contributed by atoms with E-state index in [0.717, 1.165) is 0 Å². The van der Waals surface area contributed by atoms with Crippen LogP contribution in [0.15, 0.2) is 0 Å². The molecule has 1 atom stereocenters. The van der Waals surface area contributed by atoms with Crippen LogP contribution in [0.2, 0.25) is 0 Å². The van der Waals surface area contributed by atoms with Gasteiger partial charge in [0.15, 0.2) is 16.0 Å². The van der Waals surface area contributed by atoms with Gasteiger partial charge in [0.2, 0.25) is 5.91 Å². The molecule has 0 spiro atoms. The number of amides is 1. The number of rotatable bonds is 3. The van der Waals surface area contributed by atoms with Crippen LogP contribution < -0.4 is 4.90 Å². The number of carbonyl (C=O) groups excluding carboxylic acids is 3. The molecule has 0 bridgehead atoms. The number of nitrogens with zero attached hydrogens (tertiary/aromatic N) is 2. The van der Waals surface area contributed by atoms with E-state index < -0.39 is 0 Å². The molecule has 102 valence electrons. The fourth-order valence-electron chi connectivity index (χ4n) is 2.00. The molecule has 2 rings (SSSR count). The van der Waals surface area contributed by atoms with Gasteiger partial charge < -0.3 is 0 Å². The van der Waals surface area contributed by atoms with Crippen LogP contribution in [0, 0.1) is 6.92 Å². The van der Waals surface area contributed by atoms with Gasteiger partial charge in [-0.05, 0) is 6.92 Å². The third-order valence-electron chi connectivity index (χ3n) is 2.76. The second-order valence-corrected chi connectivity index (χ2v) is 6.86. The second kappa shape index (κ2) is 5.42. The lowest BCUT2D eigenvalue weighted by atomic mass is 10.3. The van der Waals surface area contributed by atoms with E-state index in [2.05, 4.69) is 4.98 Å². The first-order chi connectivity index (χ1) is 8.88. The first kappa shape index (κ1) is 14.2. The number of thioether (sulfide) groups is 1. The van der Waals surface area contributed by atoms with Crippen LogP contribution in [0.5, 0.6) is 0 Å². The van der Waals surface area contributed by atoms with Gasteiger partial charge in [-0.15, -0.1) is 0 Å². The van der Waals surface area contributed by atoms with Crippen LogP contribution in [0.1, 0.15) is 35.6 Å². The second-order valence-electron chi connectivity index (χ2n) is 4.41. The number of carbonyl (C=O) groups is 3. The largest absolute Gasteiger partial charge is 0.294 e. The summed E-state index contributed by atoms with van der Waals surface area (Å²) in [5.41, 5.74) is 0.656. The number of anilines is 1. The maximum Gasteiger partial charge on any atom is 0.230 e. The zero-order valence-electron chi connectivity index (χ0n) is 10.9. The molecule has 1 aliphatic heterocycles. The highest BCUT2D eigenvalue weighted by atomic mass is 32.2. The highest BCUT2D eigenvalue weighted by Crippen LogP contribution is 2.32. The Morgan fingerprint density at radius 1 is 1.42 bits per heavy atom. The van der Waals surface area contributed by atoms with Crippen molar-refractivity contribution in [3.05, 3.63) is 10.6 Å². The van der Waals surface area contributed by atoms with E-state index in [-0.39, 0.29) is 22.1 Å². The predicted octanol–water partition coefficient (Wildman–Crippen LogP) is 2.04. The molecule has 0 aliphatic carbocycles. The Morgan fingerprint density at radius 2 is 2.11 bits per heavy atom. The first-order valence-electron chi connectivity index (χ1n) is 5.84. The van der Waals surface area contributed by atoms with E-state index in [1.165, 1.54) is 36.9 Å². The summed E-state index contributed by atoms with van der Waals surface area (Å²) in [6.45, 7) is 5.23. The van der Waals surface area contributed by atoms with E-state index >= 15 is 0 Å². The molecular weight excluding hydrogens is 284 g/mol. The van der Waals surface area contributed by atoms with Crippen molar-refractivity contribution in [2.45, 2.75) is 32.4 Å². The summed E-state index contributed by atoms with van der Waals surface area (Å²) in [5.74, 6) is -0.0786. The highest BCUT2D eigenvalue weighted by Gasteiger charge is 2.34. The summed E-state index contributed by atoms with van der Waals surface area (Å²) in [7, 11) is 0. The van der Waals surface area contributed by atoms with Crippen molar-refractivity contribution in [3.8, 4) is 0 Å². The van der Waals surface area contributed by atoms with Crippen LogP contribution >= 0.6 is 23.1 Å². The van der Waals surface area contributed by atoms with Gasteiger partial charge in [0, 0.05) is 32.1 Å². The lowest BCUT2D eigenvalue weighted by Crippen LogP contribution is -2.24. The highest BCUT2D eigenvalue weighted by molar-refractivity contribution is 8.14. The van der Waals surface area contributed by atoms with Crippen LogP contribution in [-0.2, 0) is 9.59 Å². The van der Waals surface area contributed by atoms with Crippen molar-refractivity contribution in [1.29, 1.82) is 0 Å². The van der Waals surface area contributed by atoms with Gasteiger partial charge in [-0.25, -0.2) is 4.98 Å². The minimum absolute atomic E-state index is 0.0133. The maximum absolute atomic E-state index is 11.9. The molecule has 1 aromatic rings. The van der Waals surface area contributed by atoms with Crippen molar-refractivity contribution < 1.29 is 14.4 Å². The summed E-state index contributed by atoms with van der Waals surface area (Å²) >= 11 is 2.43. The number of aromatic nitrogens is 1. The van der Waals surface area contributed by atoms with E-state index in [1.807, 2.05) is 0 Å². The minimum Gasteiger partial charge on any atom is -0.294 e. The Labute approximate surface area is 119 Å². The Kier molecular flexibility index (Phi) is 4.05. The maximum atomic E-state index is 11.9. The molecule has 0 N–H and O–H groups in total. The fraction of sp³-hybridized carbons (Fsp3) is 0.500. The summed E-state index contributed by atoms with van der Waals surface area (Å²) in [6, 6.07) is 0. The molecule has 0 radical (unpaired) electrons. The van der Waals surface area contributed by atoms with Crippen LogP contribution in [-0.4, -0.2) is 33.6 Å². The third kappa shape index (κ3) is 3.03. The molecule has 2 heterocycles. The fourth-order valence-corrected chi connectivity index (χ4v) is 3.91. The van der Waals surface area contributed by atoms with E-state index in [9.17, 15) is 14.4 Å². The number of hydrogen-bond donors (Lipinski definition) is 0. The van der Waals surface area contributed by atoms with E-state index in [1.54, 1.807) is 11.8 Å². The number of aryl methyl sites for hydroxylation is 1. The van der Waals surface area contributed by atoms with Crippen molar-refractivity contribution in [3.63, 3.8) is 0 Å². The Morgan fingerprint density at radius 3 is 2.63 bits per heavy atom. The third-order valence-corrected chi connectivity index (χ3v) is 5.02. The SMILES string of the molecule is CC(=O)SC1CC(=O)N(c2nc(C)c(C(C)=O)s2)C1. The van der Waals surface area contributed by atoms with Crippen LogP contribution in [0.3, 0.4) is 0 Å². The zero-order chi connectivity index (χ0) is 14.2. The molecule has 0 saturated carbocycles. The van der Waals surface area contributed by atoms with Crippen LogP contribution in [0.4, 0.5) is 5.13 Å². The van der Waals surface area contributed by atoms with Crippen molar-refractivity contribution in [1.82, 2.24) is 4.98 Å². The molecule has 1 aliphatic rings. The molecule has 1 saturated heterocycles. The molecule has 7 heteroatoms. The molecule has 1 fully saturated rings. The first-order valence-corrected chi connectivity index (χ1v) is 7.54. The van der Waals surface area contributed by atoms with Gasteiger partial charge in [0.25, 0.3) is 0 Å². The summed E-state index contributed by atoms with van der Waals surface area (Å²) < 4.78 is 0. The number of hydrogen-bond acceptors (Lipinski definition) is 6. The number of ketones is 1. The van der Waals surface area contributed by atoms with Gasteiger partial charge >= 0.3 is 0 Å². The standard InChI is InChI=1S/C12H14N2O3S2/c1-6-11(7(2)15)19-12(13-6)14-5-9(4-10(14)17)18-8(3)16/h9H,4-5H2,1-3H3. The van der Waals surface area contributed by atoms with Gasteiger partial charge in [-0.2, -0.15) is 0 Å². The Balaban J connectivity index is 2.18. The Bertz CT molecular complexity index is 553. The zero-order valence-corrected chi connectivity index (χ0v) is 12.6. The predicted molar refractivity (Wildman–Crippen MR) is 75.9 cm³/mol. The smallest absolute Gasteiger partial charge is 0.230 e. The monoisotopic (exact) mass is 298 g/mol. The quantitative estimate of drug-likeness (QED) is 0.799. The number of Topliss-reactive ketones (excluding diaryl/α,β-unsaturated/α-hetero) is 1. The molecule has 19 heavy (non-hydrogen) atoms. The summed E-state index contributed by atoms with van der Waals surface area (Å²) in [5, 5.41) is 0.550. The van der Waals surface area contributed by atoms with Crippen LogP contribution in [0.25, 0.3) is 0 Å². The molecule has 1 aromatic heterocycles. The topological polar surface area (TPSA) is 67.3 Å². The summed E-state index contributed by atoms with van der Waals surface area (Å²) in [4.78, 5) is 40.9. The average molecular weight is 298 g/mol. The molecule has 1 amide bonds. The lowest BCUT2D eigenvalue weighted by molar-refractivity contribution is -0.117. The number of thiazole rings is 1. The molecular formula is C12H14N2O3S2. The van der Waals surface area contributed by atoms with Crippen molar-refractivity contribution in [2.24, 2.45) is 0 Å². The molecule has 0 aromatic carbocycles.